The molecule has 0 aromatic heterocycles. The summed E-state index contributed by atoms with van der Waals surface area (Å²) in [5, 5.41) is 0. The van der Waals surface area contributed by atoms with Crippen molar-refractivity contribution in [1.29, 1.82) is 0 Å². The number of hydrogen-bond acceptors (Lipinski definition) is 2. The molecule has 3 atom stereocenters. The number of aldehydes is 1. The van der Waals surface area contributed by atoms with Crippen LogP contribution < -0.4 is 0 Å². The second-order valence-electron chi connectivity index (χ2n) is 7.57. The van der Waals surface area contributed by atoms with Crippen molar-refractivity contribution >= 4 is 6.29 Å². The minimum absolute atomic E-state index is 0.0619. The predicted octanol–water partition coefficient (Wildman–Crippen LogP) is 5.25. The van der Waals surface area contributed by atoms with Crippen molar-refractivity contribution in [2.24, 2.45) is 23.7 Å². The fourth-order valence-electron chi connectivity index (χ4n) is 4.45. The highest BCUT2D eigenvalue weighted by atomic mass is 16.5. The zero-order valence-corrected chi connectivity index (χ0v) is 14.9. The molecule has 0 aromatic carbocycles. The molecule has 1 aliphatic rings. The van der Waals surface area contributed by atoms with E-state index in [0.29, 0.717) is 11.8 Å². The summed E-state index contributed by atoms with van der Waals surface area (Å²) in [4.78, 5) is 11.8. The molecule has 1 saturated carbocycles. The molecule has 0 bridgehead atoms. The Hall–Kier alpha value is -0.370. The van der Waals surface area contributed by atoms with E-state index in [2.05, 4.69) is 27.7 Å². The van der Waals surface area contributed by atoms with Gasteiger partial charge in [0.05, 0.1) is 5.60 Å². The van der Waals surface area contributed by atoms with Crippen molar-refractivity contribution < 1.29 is 9.53 Å². The van der Waals surface area contributed by atoms with Crippen molar-refractivity contribution in [3.8, 4) is 0 Å². The molecular formula is C19H36O2. The molecule has 124 valence electrons. The molecule has 0 saturated heterocycles. The first-order valence-electron chi connectivity index (χ1n) is 8.99. The van der Waals surface area contributed by atoms with Crippen LogP contribution in [0.2, 0.25) is 0 Å². The minimum Gasteiger partial charge on any atom is -0.377 e. The number of ether oxygens (including phenoxy) is 1. The van der Waals surface area contributed by atoms with Crippen LogP contribution in [0.15, 0.2) is 0 Å². The third-order valence-corrected chi connectivity index (χ3v) is 5.71. The van der Waals surface area contributed by atoms with Gasteiger partial charge < -0.3 is 9.53 Å². The predicted molar refractivity (Wildman–Crippen MR) is 89.4 cm³/mol. The molecule has 0 aromatic rings. The molecule has 3 unspecified atom stereocenters. The number of carbonyl (C=O) groups excluding carboxylic acids is 1. The second kappa shape index (κ2) is 8.92. The fourth-order valence-corrected chi connectivity index (χ4v) is 4.45. The highest BCUT2D eigenvalue weighted by molar-refractivity contribution is 5.56. The van der Waals surface area contributed by atoms with E-state index in [4.69, 9.17) is 4.74 Å². The summed E-state index contributed by atoms with van der Waals surface area (Å²) >= 11 is 0. The number of methoxy groups -OCH3 is 1. The van der Waals surface area contributed by atoms with E-state index in [-0.39, 0.29) is 11.5 Å². The van der Waals surface area contributed by atoms with E-state index >= 15 is 0 Å². The Morgan fingerprint density at radius 3 is 2.14 bits per heavy atom. The van der Waals surface area contributed by atoms with Crippen molar-refractivity contribution in [3.63, 3.8) is 0 Å². The van der Waals surface area contributed by atoms with Gasteiger partial charge in [-0.1, -0.05) is 59.8 Å². The average Bonchev–Trinajstić information content (AvgIpc) is 2.44. The Kier molecular flexibility index (Phi) is 7.94. The van der Waals surface area contributed by atoms with E-state index in [1.165, 1.54) is 44.8 Å². The summed E-state index contributed by atoms with van der Waals surface area (Å²) in [5.41, 5.74) is -0.224. The maximum Gasteiger partial charge on any atom is 0.125 e. The van der Waals surface area contributed by atoms with E-state index in [1.807, 2.05) is 7.11 Å². The van der Waals surface area contributed by atoms with Crippen molar-refractivity contribution in [2.45, 2.75) is 84.7 Å². The molecule has 1 rings (SSSR count). The highest BCUT2D eigenvalue weighted by Gasteiger charge is 2.49. The van der Waals surface area contributed by atoms with Gasteiger partial charge in [0.1, 0.15) is 6.29 Å². The summed E-state index contributed by atoms with van der Waals surface area (Å²) in [7, 11) is 1.81. The van der Waals surface area contributed by atoms with Gasteiger partial charge in [0.25, 0.3) is 0 Å². The van der Waals surface area contributed by atoms with Gasteiger partial charge in [-0.2, -0.15) is 0 Å². The SMILES string of the molecule is COC1(C(C=O)CCCCCC(C)C)C(C)CCCC1C. The van der Waals surface area contributed by atoms with Crippen LogP contribution in [0.1, 0.15) is 79.1 Å². The molecule has 0 N–H and O–H groups in total. The van der Waals surface area contributed by atoms with E-state index in [1.54, 1.807) is 0 Å². The molecule has 2 nitrogen and oxygen atoms in total. The number of carbonyl (C=O) groups is 1. The third kappa shape index (κ3) is 4.55. The molecule has 0 heterocycles. The van der Waals surface area contributed by atoms with Crippen LogP contribution in [0.5, 0.6) is 0 Å². The summed E-state index contributed by atoms with van der Waals surface area (Å²) in [6.45, 7) is 9.10. The van der Waals surface area contributed by atoms with Gasteiger partial charge in [-0.05, 0) is 37.0 Å². The number of unbranched alkanes of at least 4 members (excludes halogenated alkanes) is 2. The Balaban J connectivity index is 2.60. The zero-order chi connectivity index (χ0) is 15.9. The number of rotatable bonds is 9. The maximum absolute atomic E-state index is 11.8. The molecule has 21 heavy (non-hydrogen) atoms. The van der Waals surface area contributed by atoms with Crippen LogP contribution in [0, 0.1) is 23.7 Å². The third-order valence-electron chi connectivity index (χ3n) is 5.71. The first-order valence-corrected chi connectivity index (χ1v) is 8.99. The molecule has 0 amide bonds. The first-order chi connectivity index (χ1) is 9.98. The van der Waals surface area contributed by atoms with Crippen LogP contribution >= 0.6 is 0 Å². The lowest BCUT2D eigenvalue weighted by molar-refractivity contribution is -0.160. The van der Waals surface area contributed by atoms with Crippen molar-refractivity contribution in [2.75, 3.05) is 7.11 Å². The fraction of sp³-hybridized carbons (Fsp3) is 0.947. The molecular weight excluding hydrogens is 260 g/mol. The van der Waals surface area contributed by atoms with Crippen LogP contribution in [0.3, 0.4) is 0 Å². The topological polar surface area (TPSA) is 26.3 Å². The Labute approximate surface area is 132 Å². The molecule has 0 spiro atoms. The smallest absolute Gasteiger partial charge is 0.125 e. The van der Waals surface area contributed by atoms with Crippen LogP contribution in [0.25, 0.3) is 0 Å². The average molecular weight is 296 g/mol. The Morgan fingerprint density at radius 1 is 1.10 bits per heavy atom. The van der Waals surface area contributed by atoms with Crippen LogP contribution in [0.4, 0.5) is 0 Å². The molecule has 2 heteroatoms. The van der Waals surface area contributed by atoms with Crippen molar-refractivity contribution in [1.82, 2.24) is 0 Å². The van der Waals surface area contributed by atoms with Gasteiger partial charge in [0.2, 0.25) is 0 Å². The molecule has 0 radical (unpaired) electrons. The summed E-state index contributed by atoms with van der Waals surface area (Å²) in [5.74, 6) is 1.82. The summed E-state index contributed by atoms with van der Waals surface area (Å²) in [6, 6.07) is 0. The van der Waals surface area contributed by atoms with Gasteiger partial charge in [-0.15, -0.1) is 0 Å². The zero-order valence-electron chi connectivity index (χ0n) is 14.9. The largest absolute Gasteiger partial charge is 0.377 e. The first kappa shape index (κ1) is 18.7. The lowest BCUT2D eigenvalue weighted by Gasteiger charge is -2.49. The quantitative estimate of drug-likeness (QED) is 0.429. The van der Waals surface area contributed by atoms with Gasteiger partial charge >= 0.3 is 0 Å². The van der Waals surface area contributed by atoms with E-state index < -0.39 is 0 Å². The van der Waals surface area contributed by atoms with E-state index in [9.17, 15) is 4.79 Å². The van der Waals surface area contributed by atoms with E-state index in [0.717, 1.165) is 18.8 Å². The Bertz CT molecular complexity index is 288. The van der Waals surface area contributed by atoms with Gasteiger partial charge in [-0.25, -0.2) is 0 Å². The lowest BCUT2D eigenvalue weighted by atomic mass is 9.63. The Morgan fingerprint density at radius 2 is 1.67 bits per heavy atom. The standard InChI is InChI=1S/C19H36O2/c1-15(2)10-7-6-8-13-18(14-20)19(21-5)16(3)11-9-12-17(19)4/h14-18H,6-13H2,1-5H3. The maximum atomic E-state index is 11.8. The van der Waals surface area contributed by atoms with Crippen LogP contribution in [-0.4, -0.2) is 19.0 Å². The lowest BCUT2D eigenvalue weighted by Crippen LogP contribution is -2.53. The number of hydrogen-bond donors (Lipinski definition) is 0. The highest BCUT2D eigenvalue weighted by Crippen LogP contribution is 2.46. The van der Waals surface area contributed by atoms with Crippen molar-refractivity contribution in [3.05, 3.63) is 0 Å². The van der Waals surface area contributed by atoms with Gasteiger partial charge in [0.15, 0.2) is 0 Å². The monoisotopic (exact) mass is 296 g/mol. The van der Waals surface area contributed by atoms with Crippen LogP contribution in [-0.2, 0) is 9.53 Å². The summed E-state index contributed by atoms with van der Waals surface area (Å²) < 4.78 is 6.02. The molecule has 1 fully saturated rings. The second-order valence-corrected chi connectivity index (χ2v) is 7.57. The molecule has 1 aliphatic carbocycles. The normalized spacial score (nSPS) is 31.3. The van der Waals surface area contributed by atoms with Gasteiger partial charge in [0, 0.05) is 13.0 Å². The van der Waals surface area contributed by atoms with Gasteiger partial charge in [-0.3, -0.25) is 0 Å². The summed E-state index contributed by atoms with van der Waals surface area (Å²) in [6.07, 6.45) is 10.8. The minimum atomic E-state index is -0.224. The molecule has 0 aliphatic heterocycles.